The third-order valence-corrected chi connectivity index (χ3v) is 4.30. The molecule has 0 unspecified atom stereocenters. The summed E-state index contributed by atoms with van der Waals surface area (Å²) in [5, 5.41) is 5.89. The number of rotatable bonds is 10. The Balaban J connectivity index is 2.97. The van der Waals surface area contributed by atoms with Crippen LogP contribution in [-0.2, 0) is 4.79 Å². The van der Waals surface area contributed by atoms with Crippen LogP contribution in [0.25, 0.3) is 0 Å². The minimum absolute atomic E-state index is 0.0193. The van der Waals surface area contributed by atoms with Crippen LogP contribution in [0.3, 0.4) is 0 Å². The van der Waals surface area contributed by atoms with Crippen LogP contribution in [0.1, 0.15) is 63.2 Å². The van der Waals surface area contributed by atoms with E-state index < -0.39 is 0 Å². The molecule has 0 saturated carbocycles. The van der Waals surface area contributed by atoms with Crippen LogP contribution >= 0.6 is 0 Å². The highest BCUT2D eigenvalue weighted by atomic mass is 16.2. The summed E-state index contributed by atoms with van der Waals surface area (Å²) in [5.41, 5.74) is 2.09. The Morgan fingerprint density at radius 3 is 2.40 bits per heavy atom. The van der Waals surface area contributed by atoms with Crippen molar-refractivity contribution in [2.45, 2.75) is 52.9 Å². The van der Waals surface area contributed by atoms with E-state index in [-0.39, 0.29) is 17.7 Å². The van der Waals surface area contributed by atoms with E-state index in [9.17, 15) is 9.59 Å². The van der Waals surface area contributed by atoms with Gasteiger partial charge in [-0.3, -0.25) is 9.59 Å². The van der Waals surface area contributed by atoms with E-state index in [0.717, 1.165) is 37.8 Å². The molecule has 0 aliphatic heterocycles. The number of unbranched alkanes of at least 4 members (excludes halogenated alkanes) is 1. The fourth-order valence-electron chi connectivity index (χ4n) is 2.73. The number of hydrogen-bond donors (Lipinski definition) is 2. The number of benzene rings is 1. The lowest BCUT2D eigenvalue weighted by Crippen LogP contribution is -2.27. The first kappa shape index (κ1) is 21.0. The number of nitrogens with zero attached hydrogens (tertiary/aromatic N) is 1. The van der Waals surface area contributed by atoms with Gasteiger partial charge in [0.15, 0.2) is 0 Å². The first-order valence-corrected chi connectivity index (χ1v) is 9.34. The van der Waals surface area contributed by atoms with Gasteiger partial charge in [0, 0.05) is 37.9 Å². The Labute approximate surface area is 152 Å². The molecule has 5 nitrogen and oxygen atoms in total. The van der Waals surface area contributed by atoms with Gasteiger partial charge in [-0.25, -0.2) is 0 Å². The predicted molar refractivity (Wildman–Crippen MR) is 105 cm³/mol. The van der Waals surface area contributed by atoms with Gasteiger partial charge in [-0.05, 0) is 37.5 Å². The fraction of sp³-hybridized carbons (Fsp3) is 0.600. The Morgan fingerprint density at radius 1 is 1.12 bits per heavy atom. The van der Waals surface area contributed by atoms with Gasteiger partial charge in [0.1, 0.15) is 0 Å². The summed E-state index contributed by atoms with van der Waals surface area (Å²) >= 11 is 0. The Morgan fingerprint density at radius 2 is 1.84 bits per heavy atom. The monoisotopic (exact) mass is 347 g/mol. The van der Waals surface area contributed by atoms with Crippen LogP contribution < -0.4 is 15.5 Å². The molecule has 2 amide bonds. The van der Waals surface area contributed by atoms with E-state index in [4.69, 9.17) is 0 Å². The Bertz CT molecular complexity index is 570. The molecule has 1 rings (SSSR count). The first-order chi connectivity index (χ1) is 11.9. The fourth-order valence-corrected chi connectivity index (χ4v) is 2.73. The Kier molecular flexibility index (Phi) is 9.03. The maximum atomic E-state index is 12.5. The van der Waals surface area contributed by atoms with Gasteiger partial charge in [-0.2, -0.15) is 0 Å². The zero-order valence-electron chi connectivity index (χ0n) is 16.3. The third kappa shape index (κ3) is 6.40. The normalized spacial score (nSPS) is 11.7. The van der Waals surface area contributed by atoms with Gasteiger partial charge < -0.3 is 15.5 Å². The van der Waals surface area contributed by atoms with Crippen molar-refractivity contribution in [3.63, 3.8) is 0 Å². The molecule has 0 radical (unpaired) electrons. The van der Waals surface area contributed by atoms with Gasteiger partial charge in [0.25, 0.3) is 5.91 Å². The zero-order valence-corrected chi connectivity index (χ0v) is 16.3. The maximum Gasteiger partial charge on any atom is 0.253 e. The quantitative estimate of drug-likeness (QED) is 0.671. The van der Waals surface area contributed by atoms with Crippen LogP contribution in [0.4, 0.5) is 11.4 Å². The topological polar surface area (TPSA) is 61.4 Å². The number of hydrogen-bond acceptors (Lipinski definition) is 3. The number of anilines is 2. The summed E-state index contributed by atoms with van der Waals surface area (Å²) in [6, 6.07) is 5.50. The second-order valence-electron chi connectivity index (χ2n) is 6.62. The highest BCUT2D eigenvalue weighted by molar-refractivity contribution is 6.02. The van der Waals surface area contributed by atoms with E-state index in [1.54, 1.807) is 6.07 Å². The van der Waals surface area contributed by atoms with E-state index in [0.29, 0.717) is 17.8 Å². The van der Waals surface area contributed by atoms with Gasteiger partial charge in [0.2, 0.25) is 5.91 Å². The van der Waals surface area contributed by atoms with Crippen LogP contribution in [0.15, 0.2) is 18.2 Å². The summed E-state index contributed by atoms with van der Waals surface area (Å²) < 4.78 is 0. The third-order valence-electron chi connectivity index (χ3n) is 4.30. The van der Waals surface area contributed by atoms with Crippen LogP contribution in [0.5, 0.6) is 0 Å². The van der Waals surface area contributed by atoms with E-state index in [1.807, 2.05) is 45.0 Å². The molecular weight excluding hydrogens is 314 g/mol. The smallest absolute Gasteiger partial charge is 0.253 e. The minimum atomic E-state index is -0.111. The zero-order chi connectivity index (χ0) is 18.8. The number of amides is 2. The van der Waals surface area contributed by atoms with Gasteiger partial charge in [0.05, 0.1) is 5.56 Å². The number of carbonyl (C=O) groups excluding carboxylic acids is 2. The maximum absolute atomic E-state index is 12.5. The molecule has 0 aromatic heterocycles. The predicted octanol–water partition coefficient (Wildman–Crippen LogP) is 4.05. The molecule has 0 heterocycles. The second kappa shape index (κ2) is 10.7. The van der Waals surface area contributed by atoms with Crippen molar-refractivity contribution in [2.24, 2.45) is 5.92 Å². The summed E-state index contributed by atoms with van der Waals surface area (Å²) in [6.45, 7) is 6.83. The molecule has 25 heavy (non-hydrogen) atoms. The molecule has 1 aromatic carbocycles. The summed E-state index contributed by atoms with van der Waals surface area (Å²) in [5.74, 6) is -0.0565. The molecule has 1 atom stereocenters. The first-order valence-electron chi connectivity index (χ1n) is 9.34. The molecule has 0 fully saturated rings. The molecule has 0 saturated heterocycles. The van der Waals surface area contributed by atoms with Crippen molar-refractivity contribution >= 4 is 23.2 Å². The highest BCUT2D eigenvalue weighted by Crippen LogP contribution is 2.24. The van der Waals surface area contributed by atoms with Crippen molar-refractivity contribution in [3.8, 4) is 0 Å². The lowest BCUT2D eigenvalue weighted by atomic mass is 9.98. The van der Waals surface area contributed by atoms with E-state index >= 15 is 0 Å². The molecule has 2 N–H and O–H groups in total. The lowest BCUT2D eigenvalue weighted by Gasteiger charge is -2.19. The molecule has 0 spiro atoms. The van der Waals surface area contributed by atoms with E-state index in [1.165, 1.54) is 0 Å². The average molecular weight is 348 g/mol. The minimum Gasteiger partial charge on any atom is -0.377 e. The largest absolute Gasteiger partial charge is 0.377 e. The van der Waals surface area contributed by atoms with Crippen molar-refractivity contribution in [3.05, 3.63) is 23.8 Å². The van der Waals surface area contributed by atoms with Crippen LogP contribution in [0, 0.1) is 5.92 Å². The summed E-state index contributed by atoms with van der Waals surface area (Å²) in [4.78, 5) is 26.9. The van der Waals surface area contributed by atoms with Crippen molar-refractivity contribution in [1.82, 2.24) is 5.32 Å². The van der Waals surface area contributed by atoms with Crippen LogP contribution in [-0.4, -0.2) is 32.5 Å². The van der Waals surface area contributed by atoms with Crippen molar-refractivity contribution in [2.75, 3.05) is 30.9 Å². The molecule has 0 bridgehead atoms. The Hall–Kier alpha value is -2.04. The van der Waals surface area contributed by atoms with Gasteiger partial charge in [-0.1, -0.05) is 33.6 Å². The lowest BCUT2D eigenvalue weighted by molar-refractivity contribution is -0.120. The average Bonchev–Trinajstić information content (AvgIpc) is 2.60. The van der Waals surface area contributed by atoms with Crippen molar-refractivity contribution < 1.29 is 9.59 Å². The molecule has 140 valence electrons. The number of carbonyl (C=O) groups is 2. The highest BCUT2D eigenvalue weighted by Gasteiger charge is 2.18. The van der Waals surface area contributed by atoms with Crippen molar-refractivity contribution in [1.29, 1.82) is 0 Å². The summed E-state index contributed by atoms with van der Waals surface area (Å²) in [6.07, 6.45) is 4.75. The molecule has 0 aliphatic carbocycles. The molecule has 5 heteroatoms. The number of nitrogens with one attached hydrogen (secondary N) is 2. The molecule has 0 aliphatic rings. The van der Waals surface area contributed by atoms with Gasteiger partial charge >= 0.3 is 0 Å². The summed E-state index contributed by atoms with van der Waals surface area (Å²) in [7, 11) is 3.81. The standard InChI is InChI=1S/C20H33N3O2/c1-6-9-10-15(8-3)19(24)22-16-11-12-18(23(4)5)17(14-16)20(25)21-13-7-2/h11-12,14-15H,6-10,13H2,1-5H3,(H,21,25)(H,22,24)/t15-/m1/s1. The SMILES string of the molecule is CCCC[C@@H](CC)C(=O)Nc1ccc(N(C)C)c(C(=O)NCCC)c1. The van der Waals surface area contributed by atoms with E-state index in [2.05, 4.69) is 17.6 Å². The second-order valence-corrected chi connectivity index (χ2v) is 6.62. The van der Waals surface area contributed by atoms with Gasteiger partial charge in [-0.15, -0.1) is 0 Å². The molecule has 1 aromatic rings. The van der Waals surface area contributed by atoms with Crippen LogP contribution in [0.2, 0.25) is 0 Å². The molecular formula is C20H33N3O2.